The Bertz CT molecular complexity index is 651. The van der Waals surface area contributed by atoms with Gasteiger partial charge >= 0.3 is 6.09 Å². The number of nitrogens with two attached hydrogens (primary N) is 1. The molecule has 140 valence electrons. The molecular formula is C16H25N3O4S2. The SMILES string of the molecule is Cc1sc(NC(=O)CSCCNC(=O)OC(C)(C)C)c(C(N)=O)c1C. The number of hydrogen-bond acceptors (Lipinski definition) is 6. The molecule has 1 aromatic heterocycles. The van der Waals surface area contributed by atoms with E-state index in [1.54, 1.807) is 27.7 Å². The van der Waals surface area contributed by atoms with Crippen LogP contribution in [-0.2, 0) is 9.53 Å². The van der Waals surface area contributed by atoms with Crippen LogP contribution >= 0.6 is 23.1 Å². The lowest BCUT2D eigenvalue weighted by Gasteiger charge is -2.19. The number of carbonyl (C=O) groups is 3. The van der Waals surface area contributed by atoms with Gasteiger partial charge in [-0.1, -0.05) is 0 Å². The molecule has 0 saturated carbocycles. The Morgan fingerprint density at radius 3 is 2.44 bits per heavy atom. The summed E-state index contributed by atoms with van der Waals surface area (Å²) in [6.07, 6.45) is -0.479. The van der Waals surface area contributed by atoms with Crippen molar-refractivity contribution in [1.29, 1.82) is 0 Å². The summed E-state index contributed by atoms with van der Waals surface area (Å²) in [5.74, 6) is 0.0135. The minimum absolute atomic E-state index is 0.212. The van der Waals surface area contributed by atoms with Gasteiger partial charge < -0.3 is 21.1 Å². The van der Waals surface area contributed by atoms with Crippen molar-refractivity contribution in [2.45, 2.75) is 40.2 Å². The van der Waals surface area contributed by atoms with E-state index in [1.165, 1.54) is 23.1 Å². The lowest BCUT2D eigenvalue weighted by atomic mass is 10.1. The predicted octanol–water partition coefficient (Wildman–Crippen LogP) is 2.66. The van der Waals surface area contributed by atoms with Crippen molar-refractivity contribution >= 4 is 46.0 Å². The number of hydrogen-bond donors (Lipinski definition) is 3. The van der Waals surface area contributed by atoms with Gasteiger partial charge in [-0.05, 0) is 40.2 Å². The molecule has 9 heteroatoms. The molecule has 0 aromatic carbocycles. The quantitative estimate of drug-likeness (QED) is 0.623. The van der Waals surface area contributed by atoms with E-state index in [0.717, 1.165) is 10.4 Å². The number of primary amides is 1. The van der Waals surface area contributed by atoms with Gasteiger partial charge in [0.1, 0.15) is 10.6 Å². The first-order chi connectivity index (χ1) is 11.5. The Morgan fingerprint density at radius 1 is 1.24 bits per heavy atom. The number of carbonyl (C=O) groups excluding carboxylic acids is 3. The van der Waals surface area contributed by atoms with Gasteiger partial charge in [-0.25, -0.2) is 4.79 Å². The second-order valence-electron chi connectivity index (χ2n) is 6.38. The lowest BCUT2D eigenvalue weighted by Crippen LogP contribution is -2.33. The molecule has 25 heavy (non-hydrogen) atoms. The molecule has 0 bridgehead atoms. The van der Waals surface area contributed by atoms with Gasteiger partial charge in [0.25, 0.3) is 5.91 Å². The maximum Gasteiger partial charge on any atom is 0.407 e. The van der Waals surface area contributed by atoms with E-state index < -0.39 is 17.6 Å². The summed E-state index contributed by atoms with van der Waals surface area (Å²) in [4.78, 5) is 35.9. The van der Waals surface area contributed by atoms with Crippen LogP contribution in [0.1, 0.15) is 41.6 Å². The first kappa shape index (κ1) is 21.3. The molecule has 0 aliphatic rings. The maximum absolute atomic E-state index is 12.0. The molecule has 0 aliphatic carbocycles. The minimum Gasteiger partial charge on any atom is -0.444 e. The van der Waals surface area contributed by atoms with Crippen molar-refractivity contribution < 1.29 is 19.1 Å². The number of thiophene rings is 1. The highest BCUT2D eigenvalue weighted by molar-refractivity contribution is 7.99. The number of aryl methyl sites for hydroxylation is 1. The summed E-state index contributed by atoms with van der Waals surface area (Å²) in [5, 5.41) is 5.84. The van der Waals surface area contributed by atoms with Gasteiger partial charge in [-0.15, -0.1) is 11.3 Å². The van der Waals surface area contributed by atoms with E-state index in [-0.39, 0.29) is 11.7 Å². The minimum atomic E-state index is -0.550. The molecule has 1 rings (SSSR count). The number of ether oxygens (including phenoxy) is 1. The summed E-state index contributed by atoms with van der Waals surface area (Å²) in [7, 11) is 0. The van der Waals surface area contributed by atoms with Crippen molar-refractivity contribution in [3.8, 4) is 0 Å². The van der Waals surface area contributed by atoms with Gasteiger partial charge in [-0.3, -0.25) is 9.59 Å². The van der Waals surface area contributed by atoms with Crippen molar-refractivity contribution in [2.24, 2.45) is 5.73 Å². The zero-order chi connectivity index (χ0) is 19.2. The standard InChI is InChI=1S/C16H25N3O4S2/c1-9-10(2)25-14(12(9)13(17)21)19-11(20)8-24-7-6-18-15(22)23-16(3,4)5/h6-8H2,1-5H3,(H2,17,21)(H,18,22)(H,19,20). The second-order valence-corrected chi connectivity index (χ2v) is 8.71. The van der Waals surface area contributed by atoms with Gasteiger partial charge in [0, 0.05) is 17.2 Å². The normalized spacial score (nSPS) is 11.1. The Labute approximate surface area is 156 Å². The molecule has 1 aromatic rings. The fourth-order valence-electron chi connectivity index (χ4n) is 1.88. The highest BCUT2D eigenvalue weighted by atomic mass is 32.2. The monoisotopic (exact) mass is 387 g/mol. The van der Waals surface area contributed by atoms with Crippen molar-refractivity contribution in [3.63, 3.8) is 0 Å². The zero-order valence-corrected chi connectivity index (χ0v) is 16.8. The van der Waals surface area contributed by atoms with E-state index >= 15 is 0 Å². The van der Waals surface area contributed by atoms with Crippen LogP contribution in [0, 0.1) is 13.8 Å². The molecule has 0 radical (unpaired) electrons. The third kappa shape index (κ3) is 7.35. The van der Waals surface area contributed by atoms with Crippen LogP contribution in [0.4, 0.5) is 9.80 Å². The van der Waals surface area contributed by atoms with E-state index in [4.69, 9.17) is 10.5 Å². The first-order valence-electron chi connectivity index (χ1n) is 7.75. The molecule has 0 unspecified atom stereocenters. The van der Waals surface area contributed by atoms with Gasteiger partial charge in [0.2, 0.25) is 5.91 Å². The fourth-order valence-corrected chi connectivity index (χ4v) is 3.61. The van der Waals surface area contributed by atoms with Crippen LogP contribution in [0.15, 0.2) is 0 Å². The third-order valence-corrected chi connectivity index (χ3v) is 5.11. The molecule has 0 fully saturated rings. The molecule has 0 saturated heterocycles. The Kier molecular flexibility index (Phi) is 7.75. The molecule has 4 N–H and O–H groups in total. The van der Waals surface area contributed by atoms with E-state index in [1.807, 2.05) is 6.92 Å². The van der Waals surface area contributed by atoms with Crippen LogP contribution in [0.5, 0.6) is 0 Å². The topological polar surface area (TPSA) is 111 Å². The summed E-state index contributed by atoms with van der Waals surface area (Å²) >= 11 is 2.71. The number of alkyl carbamates (subject to hydrolysis) is 1. The predicted molar refractivity (Wildman–Crippen MR) is 103 cm³/mol. The summed E-state index contributed by atoms with van der Waals surface area (Å²) in [6, 6.07) is 0. The van der Waals surface area contributed by atoms with Gasteiger partial charge in [0.15, 0.2) is 0 Å². The molecule has 1 heterocycles. The van der Waals surface area contributed by atoms with Gasteiger partial charge in [-0.2, -0.15) is 11.8 Å². The number of thioether (sulfide) groups is 1. The highest BCUT2D eigenvalue weighted by Gasteiger charge is 2.19. The average Bonchev–Trinajstić information content (AvgIpc) is 2.71. The van der Waals surface area contributed by atoms with Crippen molar-refractivity contribution in [2.75, 3.05) is 23.4 Å². The van der Waals surface area contributed by atoms with E-state index in [0.29, 0.717) is 22.9 Å². The fraction of sp³-hybridized carbons (Fsp3) is 0.562. The van der Waals surface area contributed by atoms with Gasteiger partial charge in [0.05, 0.1) is 11.3 Å². The van der Waals surface area contributed by atoms with Crippen molar-refractivity contribution in [3.05, 3.63) is 16.0 Å². The Hall–Kier alpha value is -1.74. The number of amides is 3. The molecule has 7 nitrogen and oxygen atoms in total. The van der Waals surface area contributed by atoms with Crippen LogP contribution in [-0.4, -0.2) is 41.6 Å². The van der Waals surface area contributed by atoms with Crippen LogP contribution in [0.3, 0.4) is 0 Å². The summed E-state index contributed by atoms with van der Waals surface area (Å²) in [6.45, 7) is 9.45. The lowest BCUT2D eigenvalue weighted by molar-refractivity contribution is -0.113. The maximum atomic E-state index is 12.0. The Balaban J connectivity index is 2.36. The average molecular weight is 388 g/mol. The summed E-state index contributed by atoms with van der Waals surface area (Å²) in [5.41, 5.74) is 6.00. The van der Waals surface area contributed by atoms with Crippen molar-refractivity contribution in [1.82, 2.24) is 5.32 Å². The molecule has 0 aliphatic heterocycles. The molecule has 0 spiro atoms. The molecule has 3 amide bonds. The highest BCUT2D eigenvalue weighted by Crippen LogP contribution is 2.32. The van der Waals surface area contributed by atoms with E-state index in [9.17, 15) is 14.4 Å². The Morgan fingerprint density at radius 2 is 1.88 bits per heavy atom. The zero-order valence-electron chi connectivity index (χ0n) is 15.1. The molecule has 0 atom stereocenters. The van der Waals surface area contributed by atoms with E-state index in [2.05, 4.69) is 10.6 Å². The largest absolute Gasteiger partial charge is 0.444 e. The third-order valence-electron chi connectivity index (χ3n) is 3.03. The van der Waals surface area contributed by atoms with Crippen LogP contribution in [0.2, 0.25) is 0 Å². The number of rotatable bonds is 7. The summed E-state index contributed by atoms with van der Waals surface area (Å²) < 4.78 is 5.11. The molecular weight excluding hydrogens is 362 g/mol. The van der Waals surface area contributed by atoms with Crippen LogP contribution in [0.25, 0.3) is 0 Å². The first-order valence-corrected chi connectivity index (χ1v) is 9.72. The number of nitrogens with one attached hydrogen (secondary N) is 2. The number of anilines is 1. The second kappa shape index (κ2) is 9.10. The van der Waals surface area contributed by atoms with Crippen LogP contribution < -0.4 is 16.4 Å². The smallest absolute Gasteiger partial charge is 0.407 e.